The molecule has 1 aliphatic rings. The first-order valence-electron chi connectivity index (χ1n) is 16.7. The minimum Gasteiger partial charge on any atom is -0.352 e. The molecular weight excluding hydrogens is 758 g/mol. The molecule has 1 fully saturated rings. The zero-order valence-electron chi connectivity index (χ0n) is 28.2. The van der Waals surface area contributed by atoms with Crippen LogP contribution >= 0.6 is 34.8 Å². The number of hydrogen-bond donors (Lipinski definition) is 1. The van der Waals surface area contributed by atoms with Crippen LogP contribution in [-0.4, -0.2) is 43.8 Å². The van der Waals surface area contributed by atoms with E-state index in [4.69, 9.17) is 34.8 Å². The van der Waals surface area contributed by atoms with Crippen LogP contribution in [0.2, 0.25) is 15.1 Å². The minimum absolute atomic E-state index is 0.0558. The van der Waals surface area contributed by atoms with Crippen LogP contribution in [0.4, 0.5) is 18.9 Å². The Morgan fingerprint density at radius 1 is 0.865 bits per heavy atom. The Labute approximate surface area is 316 Å². The van der Waals surface area contributed by atoms with Crippen LogP contribution in [0.15, 0.2) is 95.9 Å². The van der Waals surface area contributed by atoms with E-state index < -0.39 is 56.9 Å². The van der Waals surface area contributed by atoms with Crippen molar-refractivity contribution in [3.05, 3.63) is 128 Å². The van der Waals surface area contributed by atoms with Gasteiger partial charge in [0.1, 0.15) is 12.6 Å². The van der Waals surface area contributed by atoms with Crippen molar-refractivity contribution in [2.75, 3.05) is 10.8 Å². The molecular formula is C38H37Cl3F3N3O4S. The maximum absolute atomic E-state index is 14.7. The second kappa shape index (κ2) is 16.9. The third-order valence-electron chi connectivity index (χ3n) is 9.01. The molecule has 1 aliphatic carbocycles. The summed E-state index contributed by atoms with van der Waals surface area (Å²) in [6.45, 7) is 0.553. The Hall–Kier alpha value is -3.77. The highest BCUT2D eigenvalue weighted by Crippen LogP contribution is 2.38. The number of hydrogen-bond acceptors (Lipinski definition) is 4. The highest BCUT2D eigenvalue weighted by Gasteiger charge is 2.38. The zero-order chi connectivity index (χ0) is 37.6. The fourth-order valence-corrected chi connectivity index (χ4v) is 8.28. The smallest absolute Gasteiger partial charge is 0.352 e. The predicted octanol–water partition coefficient (Wildman–Crippen LogP) is 9.26. The third-order valence-corrected chi connectivity index (χ3v) is 11.7. The van der Waals surface area contributed by atoms with Crippen LogP contribution in [0.1, 0.15) is 54.4 Å². The SMILES string of the molecule is Cc1ccc(S(=O)(=O)N(CC(=O)N(Cc2ccc(Cl)cc2Cl)C(Cc2ccccc2)C(=O)NC2CCCCC2)c2ccc(Cl)c(C(F)(F)F)c2)cc1. The second-order valence-electron chi connectivity index (χ2n) is 12.8. The molecule has 7 nitrogen and oxygen atoms in total. The Balaban J connectivity index is 1.63. The number of amides is 2. The van der Waals surface area contributed by atoms with E-state index in [1.165, 1.54) is 35.2 Å². The lowest BCUT2D eigenvalue weighted by Crippen LogP contribution is -2.55. The summed E-state index contributed by atoms with van der Waals surface area (Å²) >= 11 is 18.6. The molecule has 4 aromatic carbocycles. The number of alkyl halides is 3. The van der Waals surface area contributed by atoms with Gasteiger partial charge in [-0.05, 0) is 73.4 Å². The molecule has 0 radical (unpaired) electrons. The number of carbonyl (C=O) groups excluding carboxylic acids is 2. The van der Waals surface area contributed by atoms with E-state index in [2.05, 4.69) is 5.32 Å². The van der Waals surface area contributed by atoms with Gasteiger partial charge in [0.25, 0.3) is 10.0 Å². The molecule has 4 aromatic rings. The average Bonchev–Trinajstić information content (AvgIpc) is 3.10. The lowest BCUT2D eigenvalue weighted by Gasteiger charge is -2.35. The summed E-state index contributed by atoms with van der Waals surface area (Å²) in [6.07, 6.45) is -0.422. The van der Waals surface area contributed by atoms with Gasteiger partial charge in [-0.2, -0.15) is 13.2 Å². The number of nitrogens with one attached hydrogen (secondary N) is 1. The lowest BCUT2D eigenvalue weighted by molar-refractivity contribution is -0.140. The summed E-state index contributed by atoms with van der Waals surface area (Å²) in [5.41, 5.74) is 0.166. The standard InChI is InChI=1S/C38H37Cl3F3N3O4S/c1-25-12-17-31(18-13-25)52(50,51)47(30-16-19-33(40)32(22-30)38(42,43)44)24-36(48)46(23-27-14-15-28(39)21-34(27)41)35(20-26-8-4-2-5-9-26)37(49)45-29-10-6-3-7-11-29/h2,4-5,8-9,12-19,21-22,29,35H,3,6-7,10-11,20,23-24H2,1H3,(H,45,49). The molecule has 0 heterocycles. The summed E-state index contributed by atoms with van der Waals surface area (Å²) in [6, 6.07) is 20.7. The summed E-state index contributed by atoms with van der Waals surface area (Å²) in [7, 11) is -4.66. The first-order valence-corrected chi connectivity index (χ1v) is 19.2. The normalized spacial score (nSPS) is 14.4. The highest BCUT2D eigenvalue weighted by molar-refractivity contribution is 7.92. The van der Waals surface area contributed by atoms with Gasteiger partial charge in [-0.15, -0.1) is 0 Å². The number of sulfonamides is 1. The van der Waals surface area contributed by atoms with Gasteiger partial charge in [-0.25, -0.2) is 8.42 Å². The maximum Gasteiger partial charge on any atom is 0.417 e. The number of nitrogens with zero attached hydrogens (tertiary/aromatic N) is 2. The molecule has 5 rings (SSSR count). The van der Waals surface area contributed by atoms with E-state index in [-0.39, 0.29) is 28.9 Å². The second-order valence-corrected chi connectivity index (χ2v) is 15.9. The topological polar surface area (TPSA) is 86.8 Å². The molecule has 14 heteroatoms. The van der Waals surface area contributed by atoms with E-state index in [0.29, 0.717) is 21.0 Å². The van der Waals surface area contributed by atoms with Gasteiger partial charge in [0, 0.05) is 29.1 Å². The van der Waals surface area contributed by atoms with E-state index >= 15 is 0 Å². The number of aryl methyl sites for hydroxylation is 1. The fraction of sp³-hybridized carbons (Fsp3) is 0.316. The van der Waals surface area contributed by atoms with E-state index in [1.54, 1.807) is 43.3 Å². The van der Waals surface area contributed by atoms with Gasteiger partial charge >= 0.3 is 6.18 Å². The van der Waals surface area contributed by atoms with Gasteiger partial charge in [-0.1, -0.05) is 108 Å². The third kappa shape index (κ3) is 9.80. The summed E-state index contributed by atoms with van der Waals surface area (Å²) < 4.78 is 71.3. The molecule has 1 unspecified atom stereocenters. The van der Waals surface area contributed by atoms with Gasteiger partial charge in [-0.3, -0.25) is 13.9 Å². The maximum atomic E-state index is 14.7. The number of halogens is 6. The van der Waals surface area contributed by atoms with Gasteiger partial charge in [0.05, 0.1) is 21.2 Å². The molecule has 2 amide bonds. The first-order chi connectivity index (χ1) is 24.6. The van der Waals surface area contributed by atoms with Crippen molar-refractivity contribution in [1.29, 1.82) is 0 Å². The van der Waals surface area contributed by atoms with Crippen molar-refractivity contribution < 1.29 is 31.2 Å². The Kier molecular flexibility index (Phi) is 12.8. The molecule has 276 valence electrons. The number of benzene rings is 4. The molecule has 52 heavy (non-hydrogen) atoms. The molecule has 1 atom stereocenters. The van der Waals surface area contributed by atoms with Crippen LogP contribution in [-0.2, 0) is 38.8 Å². The van der Waals surface area contributed by atoms with E-state index in [1.807, 2.05) is 6.07 Å². The fourth-order valence-electron chi connectivity index (χ4n) is 6.18. The van der Waals surface area contributed by atoms with Gasteiger partial charge < -0.3 is 10.2 Å². The molecule has 0 bridgehead atoms. The van der Waals surface area contributed by atoms with Crippen molar-refractivity contribution in [1.82, 2.24) is 10.2 Å². The van der Waals surface area contributed by atoms with Crippen LogP contribution in [0.25, 0.3) is 0 Å². The molecule has 0 aliphatic heterocycles. The van der Waals surface area contributed by atoms with Crippen molar-refractivity contribution >= 4 is 62.3 Å². The molecule has 0 saturated heterocycles. The lowest BCUT2D eigenvalue weighted by atomic mass is 9.94. The summed E-state index contributed by atoms with van der Waals surface area (Å²) in [4.78, 5) is 30.0. The van der Waals surface area contributed by atoms with Gasteiger partial charge in [0.2, 0.25) is 11.8 Å². The molecule has 1 saturated carbocycles. The van der Waals surface area contributed by atoms with Crippen LogP contribution in [0.5, 0.6) is 0 Å². The molecule has 0 spiro atoms. The number of anilines is 1. The Morgan fingerprint density at radius 2 is 1.54 bits per heavy atom. The first kappa shape index (κ1) is 39.4. The number of carbonyl (C=O) groups is 2. The van der Waals surface area contributed by atoms with Crippen LogP contribution in [0, 0.1) is 6.92 Å². The van der Waals surface area contributed by atoms with Gasteiger partial charge in [0.15, 0.2) is 0 Å². The monoisotopic (exact) mass is 793 g/mol. The van der Waals surface area contributed by atoms with Crippen LogP contribution in [0.3, 0.4) is 0 Å². The van der Waals surface area contributed by atoms with E-state index in [0.717, 1.165) is 55.4 Å². The van der Waals surface area contributed by atoms with Crippen molar-refractivity contribution in [3.63, 3.8) is 0 Å². The summed E-state index contributed by atoms with van der Waals surface area (Å²) in [5, 5.41) is 3.00. The predicted molar refractivity (Wildman–Crippen MR) is 198 cm³/mol. The Bertz CT molecular complexity index is 1990. The largest absolute Gasteiger partial charge is 0.417 e. The highest BCUT2D eigenvalue weighted by atomic mass is 35.5. The van der Waals surface area contributed by atoms with Crippen molar-refractivity contribution in [2.24, 2.45) is 0 Å². The van der Waals surface area contributed by atoms with Crippen LogP contribution < -0.4 is 9.62 Å². The van der Waals surface area contributed by atoms with E-state index in [9.17, 15) is 31.2 Å². The van der Waals surface area contributed by atoms with Crippen molar-refractivity contribution in [2.45, 2.75) is 75.1 Å². The zero-order valence-corrected chi connectivity index (χ0v) is 31.3. The quantitative estimate of drug-likeness (QED) is 0.155. The average molecular weight is 795 g/mol. The molecule has 1 N–H and O–H groups in total. The minimum atomic E-state index is -4.92. The number of rotatable bonds is 12. The van der Waals surface area contributed by atoms with Crippen molar-refractivity contribution in [3.8, 4) is 0 Å². The summed E-state index contributed by atoms with van der Waals surface area (Å²) in [5.74, 6) is -1.31. The Morgan fingerprint density at radius 3 is 2.17 bits per heavy atom. The molecule has 0 aromatic heterocycles.